The van der Waals surface area contributed by atoms with E-state index in [1.807, 2.05) is 0 Å². The number of hydrogen-bond donors (Lipinski definition) is 1. The van der Waals surface area contributed by atoms with Crippen LogP contribution in [0.2, 0.25) is 0 Å². The number of hydrogen-bond acceptors (Lipinski definition) is 3. The Bertz CT molecular complexity index is 300. The Balaban J connectivity index is 3.02. The Hall–Kier alpha value is -1.17. The van der Waals surface area contributed by atoms with Crippen LogP contribution < -0.4 is 0 Å². The fraction of sp³-hybridized carbons (Fsp3) is 0.429. The second-order valence-corrected chi connectivity index (χ2v) is 2.47. The molecule has 1 atom stereocenters. The molecule has 1 rings (SSSR count). The van der Waals surface area contributed by atoms with Gasteiger partial charge < -0.3 is 5.11 Å². The lowest BCUT2D eigenvalue weighted by molar-refractivity contribution is -0.208. The predicted molar refractivity (Wildman–Crippen MR) is 37.8 cm³/mol. The molecule has 0 aliphatic carbocycles. The second kappa shape index (κ2) is 3.29. The third kappa shape index (κ3) is 2.15. The van der Waals surface area contributed by atoms with E-state index in [0.29, 0.717) is 0 Å². The van der Waals surface area contributed by atoms with Crippen LogP contribution in [0.25, 0.3) is 0 Å². The summed E-state index contributed by atoms with van der Waals surface area (Å²) in [6.45, 7) is 1.36. The first-order valence-corrected chi connectivity index (χ1v) is 3.45. The van der Waals surface area contributed by atoms with Gasteiger partial charge in [0.2, 0.25) is 0 Å². The molecule has 0 fully saturated rings. The van der Waals surface area contributed by atoms with Crippen molar-refractivity contribution in [1.29, 1.82) is 0 Å². The lowest BCUT2D eigenvalue weighted by atomic mass is 10.2. The molecular weight excluding hydrogens is 185 g/mol. The zero-order chi connectivity index (χ0) is 10.1. The van der Waals surface area contributed by atoms with Gasteiger partial charge in [0.25, 0.3) is 0 Å². The number of halogens is 3. The number of aryl methyl sites for hydroxylation is 1. The molecule has 0 bridgehead atoms. The smallest absolute Gasteiger partial charge is 0.378 e. The van der Waals surface area contributed by atoms with Crippen LogP contribution in [0.3, 0.4) is 0 Å². The van der Waals surface area contributed by atoms with E-state index in [-0.39, 0.29) is 5.69 Å². The maximum absolute atomic E-state index is 12.0. The molecule has 3 nitrogen and oxygen atoms in total. The highest BCUT2D eigenvalue weighted by Gasteiger charge is 2.41. The molecule has 0 aromatic carbocycles. The zero-order valence-electron chi connectivity index (χ0n) is 6.71. The van der Waals surface area contributed by atoms with Gasteiger partial charge in [-0.15, -0.1) is 0 Å². The Morgan fingerprint density at radius 3 is 2.31 bits per heavy atom. The lowest BCUT2D eigenvalue weighted by Gasteiger charge is -2.14. The quantitative estimate of drug-likeness (QED) is 0.731. The molecule has 72 valence electrons. The van der Waals surface area contributed by atoms with Gasteiger partial charge in [-0.25, -0.2) is 0 Å². The summed E-state index contributed by atoms with van der Waals surface area (Å²) < 4.78 is 36.0. The summed E-state index contributed by atoms with van der Waals surface area (Å²) in [7, 11) is 0. The topological polar surface area (TPSA) is 46.0 Å². The monoisotopic (exact) mass is 192 g/mol. The summed E-state index contributed by atoms with van der Waals surface area (Å²) in [6, 6.07) is 0. The SMILES string of the molecule is Cc1nccnc1C(O)C(F)(F)F. The highest BCUT2D eigenvalue weighted by atomic mass is 19.4. The molecule has 1 unspecified atom stereocenters. The minimum absolute atomic E-state index is 0.0762. The summed E-state index contributed by atoms with van der Waals surface area (Å²) >= 11 is 0. The van der Waals surface area contributed by atoms with E-state index < -0.39 is 18.0 Å². The molecule has 1 aromatic rings. The molecule has 0 saturated heterocycles. The summed E-state index contributed by atoms with van der Waals surface area (Å²) in [5, 5.41) is 8.81. The molecule has 1 aromatic heterocycles. The number of aliphatic hydroxyl groups excluding tert-OH is 1. The van der Waals surface area contributed by atoms with E-state index in [9.17, 15) is 13.2 Å². The van der Waals surface area contributed by atoms with Crippen LogP contribution in [-0.2, 0) is 0 Å². The molecule has 0 radical (unpaired) electrons. The molecule has 0 aliphatic heterocycles. The van der Waals surface area contributed by atoms with Gasteiger partial charge in [0.05, 0.1) is 11.4 Å². The lowest BCUT2D eigenvalue weighted by Crippen LogP contribution is -2.22. The molecule has 0 saturated carbocycles. The predicted octanol–water partition coefficient (Wildman–Crippen LogP) is 1.38. The molecule has 0 spiro atoms. The molecule has 13 heavy (non-hydrogen) atoms. The van der Waals surface area contributed by atoms with E-state index in [2.05, 4.69) is 9.97 Å². The van der Waals surface area contributed by atoms with E-state index in [1.165, 1.54) is 13.1 Å². The highest BCUT2D eigenvalue weighted by molar-refractivity contribution is 5.12. The van der Waals surface area contributed by atoms with Crippen molar-refractivity contribution in [3.05, 3.63) is 23.8 Å². The van der Waals surface area contributed by atoms with Crippen molar-refractivity contribution in [2.24, 2.45) is 0 Å². The number of alkyl halides is 3. The normalized spacial score (nSPS) is 14.2. The molecule has 0 amide bonds. The Morgan fingerprint density at radius 1 is 1.31 bits per heavy atom. The summed E-state index contributed by atoms with van der Waals surface area (Å²) in [5.41, 5.74) is -0.373. The Labute approximate surface area is 72.3 Å². The van der Waals surface area contributed by atoms with Gasteiger partial charge >= 0.3 is 6.18 Å². The van der Waals surface area contributed by atoms with Gasteiger partial charge in [-0.3, -0.25) is 9.97 Å². The van der Waals surface area contributed by atoms with E-state index in [4.69, 9.17) is 5.11 Å². The van der Waals surface area contributed by atoms with E-state index >= 15 is 0 Å². The van der Waals surface area contributed by atoms with E-state index in [0.717, 1.165) is 6.20 Å². The first-order valence-electron chi connectivity index (χ1n) is 3.45. The van der Waals surface area contributed by atoms with Crippen molar-refractivity contribution in [3.63, 3.8) is 0 Å². The van der Waals surface area contributed by atoms with Gasteiger partial charge in [0.1, 0.15) is 0 Å². The van der Waals surface area contributed by atoms with Crippen LogP contribution in [0.15, 0.2) is 12.4 Å². The second-order valence-electron chi connectivity index (χ2n) is 2.47. The van der Waals surface area contributed by atoms with Crippen molar-refractivity contribution < 1.29 is 18.3 Å². The number of aliphatic hydroxyl groups is 1. The number of nitrogens with zero attached hydrogens (tertiary/aromatic N) is 2. The first kappa shape index (κ1) is 9.91. The molecule has 6 heteroatoms. The Kier molecular flexibility index (Phi) is 2.51. The van der Waals surface area contributed by atoms with Gasteiger partial charge in [-0.1, -0.05) is 0 Å². The first-order chi connectivity index (χ1) is 5.93. The van der Waals surface area contributed by atoms with Crippen molar-refractivity contribution in [2.45, 2.75) is 19.2 Å². The average molecular weight is 192 g/mol. The van der Waals surface area contributed by atoms with Gasteiger partial charge in [-0.2, -0.15) is 13.2 Å². The number of aromatic nitrogens is 2. The zero-order valence-corrected chi connectivity index (χ0v) is 6.71. The molecule has 1 N–H and O–H groups in total. The standard InChI is InChI=1S/C7H7F3N2O/c1-4-5(12-3-2-11-4)6(13)7(8,9)10/h2-3,6,13H,1H3. The minimum atomic E-state index is -4.69. The van der Waals surface area contributed by atoms with E-state index in [1.54, 1.807) is 0 Å². The number of rotatable bonds is 1. The molecule has 0 aliphatic rings. The maximum atomic E-state index is 12.0. The summed E-state index contributed by atoms with van der Waals surface area (Å²) in [4.78, 5) is 7.00. The van der Waals surface area contributed by atoms with Crippen molar-refractivity contribution >= 4 is 0 Å². The summed E-state index contributed by atoms with van der Waals surface area (Å²) in [6.07, 6.45) is -4.87. The third-order valence-corrected chi connectivity index (χ3v) is 1.49. The van der Waals surface area contributed by atoms with Gasteiger partial charge in [0, 0.05) is 12.4 Å². The van der Waals surface area contributed by atoms with Crippen molar-refractivity contribution in [1.82, 2.24) is 9.97 Å². The average Bonchev–Trinajstić information content (AvgIpc) is 2.02. The largest absolute Gasteiger partial charge is 0.420 e. The van der Waals surface area contributed by atoms with Gasteiger partial charge in [0.15, 0.2) is 6.10 Å². The van der Waals surface area contributed by atoms with Crippen LogP contribution in [0.5, 0.6) is 0 Å². The fourth-order valence-electron chi connectivity index (χ4n) is 0.842. The minimum Gasteiger partial charge on any atom is -0.378 e. The van der Waals surface area contributed by atoms with Crippen LogP contribution in [0.1, 0.15) is 17.5 Å². The van der Waals surface area contributed by atoms with Crippen LogP contribution in [0.4, 0.5) is 13.2 Å². The highest BCUT2D eigenvalue weighted by Crippen LogP contribution is 2.31. The van der Waals surface area contributed by atoms with Crippen LogP contribution in [0, 0.1) is 6.92 Å². The summed E-state index contributed by atoms with van der Waals surface area (Å²) in [5.74, 6) is 0. The third-order valence-electron chi connectivity index (χ3n) is 1.49. The van der Waals surface area contributed by atoms with Gasteiger partial charge in [-0.05, 0) is 6.92 Å². The van der Waals surface area contributed by atoms with Crippen LogP contribution in [-0.4, -0.2) is 21.3 Å². The van der Waals surface area contributed by atoms with Crippen molar-refractivity contribution in [3.8, 4) is 0 Å². The molecule has 1 heterocycles. The molecular formula is C7H7F3N2O. The Morgan fingerprint density at radius 2 is 1.85 bits per heavy atom. The van der Waals surface area contributed by atoms with Crippen LogP contribution >= 0.6 is 0 Å². The fourth-order valence-corrected chi connectivity index (χ4v) is 0.842. The maximum Gasteiger partial charge on any atom is 0.420 e. The van der Waals surface area contributed by atoms with Crippen molar-refractivity contribution in [2.75, 3.05) is 0 Å².